The Morgan fingerprint density at radius 2 is 2.12 bits per heavy atom. The molecule has 1 aliphatic carbocycles. The molecule has 0 radical (unpaired) electrons. The molecule has 1 aliphatic rings. The molecule has 1 fully saturated rings. The summed E-state index contributed by atoms with van der Waals surface area (Å²) in [7, 11) is 1.45. The van der Waals surface area contributed by atoms with E-state index in [1.54, 1.807) is 0 Å². The van der Waals surface area contributed by atoms with Crippen LogP contribution in [0.15, 0.2) is 30.3 Å². The number of benzene rings is 1. The minimum absolute atomic E-state index is 0.164. The van der Waals surface area contributed by atoms with Gasteiger partial charge in [-0.3, -0.25) is 4.79 Å². The molecule has 1 aromatic rings. The third-order valence-electron chi connectivity index (χ3n) is 3.40. The van der Waals surface area contributed by atoms with E-state index in [1.165, 1.54) is 26.4 Å². The molecular weight excluding hydrogens is 214 g/mol. The minimum Gasteiger partial charge on any atom is -0.469 e. The van der Waals surface area contributed by atoms with E-state index in [-0.39, 0.29) is 11.9 Å². The molecule has 2 rings (SSSR count). The number of carbonyl (C=O) groups excluding carboxylic acids is 1. The number of hydrogen-bond acceptors (Lipinski definition) is 3. The summed E-state index contributed by atoms with van der Waals surface area (Å²) in [6, 6.07) is 10.4. The van der Waals surface area contributed by atoms with Gasteiger partial charge in [-0.2, -0.15) is 0 Å². The Kier molecular flexibility index (Phi) is 4.15. The van der Waals surface area contributed by atoms with E-state index in [0.29, 0.717) is 12.6 Å². The van der Waals surface area contributed by atoms with Crippen LogP contribution in [0, 0.1) is 0 Å². The molecule has 1 N–H and O–H groups in total. The van der Waals surface area contributed by atoms with E-state index < -0.39 is 0 Å². The maximum Gasteiger partial charge on any atom is 0.314 e. The van der Waals surface area contributed by atoms with Crippen LogP contribution in [0.2, 0.25) is 0 Å². The summed E-state index contributed by atoms with van der Waals surface area (Å²) in [5.41, 5.74) is 1.02. The second kappa shape index (κ2) is 5.82. The van der Waals surface area contributed by atoms with Gasteiger partial charge in [0.05, 0.1) is 13.0 Å². The number of esters is 1. The van der Waals surface area contributed by atoms with E-state index in [2.05, 4.69) is 5.32 Å². The molecule has 0 aromatic heterocycles. The van der Waals surface area contributed by atoms with Crippen molar-refractivity contribution in [3.63, 3.8) is 0 Å². The number of hydrogen-bond donors (Lipinski definition) is 1. The fraction of sp³-hybridized carbons (Fsp3) is 0.500. The average Bonchev–Trinajstić information content (AvgIpc) is 2.32. The molecule has 0 aliphatic heterocycles. The first-order valence-electron chi connectivity index (χ1n) is 6.17. The Labute approximate surface area is 102 Å². The van der Waals surface area contributed by atoms with Crippen molar-refractivity contribution >= 4 is 5.97 Å². The number of rotatable bonds is 5. The first-order valence-corrected chi connectivity index (χ1v) is 6.17. The summed E-state index contributed by atoms with van der Waals surface area (Å²) in [4.78, 5) is 11.8. The number of carbonyl (C=O) groups is 1. The Balaban J connectivity index is 1.99. The maximum atomic E-state index is 11.8. The van der Waals surface area contributed by atoms with Crippen LogP contribution in [0.5, 0.6) is 0 Å². The van der Waals surface area contributed by atoms with E-state index in [0.717, 1.165) is 5.56 Å². The Hall–Kier alpha value is -1.35. The zero-order chi connectivity index (χ0) is 12.1. The van der Waals surface area contributed by atoms with Crippen molar-refractivity contribution in [2.45, 2.75) is 31.2 Å². The Morgan fingerprint density at radius 1 is 1.41 bits per heavy atom. The molecule has 1 atom stereocenters. The zero-order valence-electron chi connectivity index (χ0n) is 10.2. The van der Waals surface area contributed by atoms with E-state index in [9.17, 15) is 4.79 Å². The highest BCUT2D eigenvalue weighted by atomic mass is 16.5. The van der Waals surface area contributed by atoms with Gasteiger partial charge < -0.3 is 10.1 Å². The minimum atomic E-state index is -0.193. The predicted molar refractivity (Wildman–Crippen MR) is 66.8 cm³/mol. The van der Waals surface area contributed by atoms with Gasteiger partial charge in [-0.1, -0.05) is 36.8 Å². The molecule has 0 amide bonds. The quantitative estimate of drug-likeness (QED) is 0.791. The van der Waals surface area contributed by atoms with Crippen LogP contribution < -0.4 is 5.32 Å². The normalized spacial score (nSPS) is 17.2. The van der Waals surface area contributed by atoms with Gasteiger partial charge in [0.1, 0.15) is 0 Å². The highest BCUT2D eigenvalue weighted by Crippen LogP contribution is 2.21. The first-order chi connectivity index (χ1) is 8.31. The summed E-state index contributed by atoms with van der Waals surface area (Å²) in [6.45, 7) is 0.668. The van der Waals surface area contributed by atoms with Gasteiger partial charge in [-0.25, -0.2) is 0 Å². The van der Waals surface area contributed by atoms with Gasteiger partial charge in [0.2, 0.25) is 0 Å². The summed E-state index contributed by atoms with van der Waals surface area (Å²) < 4.78 is 4.87. The van der Waals surface area contributed by atoms with E-state index >= 15 is 0 Å². The topological polar surface area (TPSA) is 38.3 Å². The lowest BCUT2D eigenvalue weighted by atomic mass is 9.91. The number of methoxy groups -OCH3 is 1. The number of ether oxygens (including phenoxy) is 1. The second-order valence-corrected chi connectivity index (χ2v) is 4.52. The van der Waals surface area contributed by atoms with Crippen LogP contribution in [-0.2, 0) is 9.53 Å². The van der Waals surface area contributed by atoms with Gasteiger partial charge in [-0.05, 0) is 18.4 Å². The molecule has 1 saturated carbocycles. The standard InChI is InChI=1S/C14H19NO2/c1-17-14(16)13(10-15-12-8-5-9-12)11-6-3-2-4-7-11/h2-4,6-7,12-13,15H,5,8-10H2,1H3. The average molecular weight is 233 g/mol. The van der Waals surface area contributed by atoms with Crippen molar-refractivity contribution in [3.05, 3.63) is 35.9 Å². The molecule has 17 heavy (non-hydrogen) atoms. The van der Waals surface area contributed by atoms with E-state index in [1.807, 2.05) is 30.3 Å². The summed E-state index contributed by atoms with van der Waals surface area (Å²) in [6.07, 6.45) is 3.75. The third-order valence-corrected chi connectivity index (χ3v) is 3.40. The predicted octanol–water partition coefficient (Wildman–Crippen LogP) is 2.09. The van der Waals surface area contributed by atoms with Gasteiger partial charge in [-0.15, -0.1) is 0 Å². The van der Waals surface area contributed by atoms with Crippen molar-refractivity contribution < 1.29 is 9.53 Å². The lowest BCUT2D eigenvalue weighted by Gasteiger charge is -2.28. The smallest absolute Gasteiger partial charge is 0.314 e. The van der Waals surface area contributed by atoms with Crippen LogP contribution in [0.3, 0.4) is 0 Å². The fourth-order valence-corrected chi connectivity index (χ4v) is 2.06. The summed E-state index contributed by atoms with van der Waals surface area (Å²) in [5, 5.41) is 3.43. The van der Waals surface area contributed by atoms with Crippen LogP contribution >= 0.6 is 0 Å². The van der Waals surface area contributed by atoms with Crippen molar-refractivity contribution in [1.29, 1.82) is 0 Å². The summed E-state index contributed by atoms with van der Waals surface area (Å²) >= 11 is 0. The Bertz CT molecular complexity index is 360. The van der Waals surface area contributed by atoms with Crippen LogP contribution in [-0.4, -0.2) is 25.7 Å². The molecule has 3 nitrogen and oxygen atoms in total. The molecule has 0 saturated heterocycles. The first kappa shape index (κ1) is 12.1. The van der Waals surface area contributed by atoms with Gasteiger partial charge >= 0.3 is 5.97 Å². The largest absolute Gasteiger partial charge is 0.469 e. The maximum absolute atomic E-state index is 11.8. The highest BCUT2D eigenvalue weighted by molar-refractivity contribution is 5.78. The second-order valence-electron chi connectivity index (χ2n) is 4.52. The van der Waals surface area contributed by atoms with Crippen LogP contribution in [0.4, 0.5) is 0 Å². The van der Waals surface area contributed by atoms with Crippen molar-refractivity contribution in [2.24, 2.45) is 0 Å². The van der Waals surface area contributed by atoms with Gasteiger partial charge in [0.25, 0.3) is 0 Å². The van der Waals surface area contributed by atoms with Crippen LogP contribution in [0.1, 0.15) is 30.7 Å². The van der Waals surface area contributed by atoms with Crippen molar-refractivity contribution in [2.75, 3.05) is 13.7 Å². The molecule has 0 heterocycles. The lowest BCUT2D eigenvalue weighted by Crippen LogP contribution is -2.39. The molecule has 0 spiro atoms. The monoisotopic (exact) mass is 233 g/mol. The molecule has 1 unspecified atom stereocenters. The van der Waals surface area contributed by atoms with Gasteiger partial charge in [0, 0.05) is 12.6 Å². The summed E-state index contributed by atoms with van der Waals surface area (Å²) in [5.74, 6) is -0.357. The SMILES string of the molecule is COC(=O)C(CNC1CCC1)c1ccccc1. The molecule has 3 heteroatoms. The molecular formula is C14H19NO2. The van der Waals surface area contributed by atoms with Crippen molar-refractivity contribution in [1.82, 2.24) is 5.32 Å². The van der Waals surface area contributed by atoms with Gasteiger partial charge in [0.15, 0.2) is 0 Å². The van der Waals surface area contributed by atoms with E-state index in [4.69, 9.17) is 4.74 Å². The Morgan fingerprint density at radius 3 is 2.65 bits per heavy atom. The fourth-order valence-electron chi connectivity index (χ4n) is 2.06. The zero-order valence-corrected chi connectivity index (χ0v) is 10.2. The molecule has 1 aromatic carbocycles. The molecule has 92 valence electrons. The van der Waals surface area contributed by atoms with Crippen molar-refractivity contribution in [3.8, 4) is 0 Å². The third kappa shape index (κ3) is 3.07. The lowest BCUT2D eigenvalue weighted by molar-refractivity contribution is -0.142. The van der Waals surface area contributed by atoms with Crippen LogP contribution in [0.25, 0.3) is 0 Å². The highest BCUT2D eigenvalue weighted by Gasteiger charge is 2.24. The number of nitrogens with one attached hydrogen (secondary N) is 1. The molecule has 0 bridgehead atoms.